The number of sulfonamides is 1. The molecule has 0 aliphatic heterocycles. The third kappa shape index (κ3) is 2.23. The number of nitrogens with one attached hydrogen (secondary N) is 1. The van der Waals surface area contributed by atoms with Crippen molar-refractivity contribution in [1.29, 1.82) is 0 Å². The largest absolute Gasteiger partial charge is 0.268 e. The van der Waals surface area contributed by atoms with Gasteiger partial charge in [-0.1, -0.05) is 0 Å². The van der Waals surface area contributed by atoms with Gasteiger partial charge in [-0.15, -0.1) is 5.10 Å². The van der Waals surface area contributed by atoms with Gasteiger partial charge in [0.2, 0.25) is 10.0 Å². The fourth-order valence-electron chi connectivity index (χ4n) is 1.35. The lowest BCUT2D eigenvalue weighted by Crippen LogP contribution is -2.29. The van der Waals surface area contributed by atoms with E-state index in [0.717, 1.165) is 6.26 Å². The molecule has 0 radical (unpaired) electrons. The standard InChI is InChI=1S/C8H9N5O3S.H2/c1-13-7-5(4-10-13)6(3-9-11-7)8(14)12-17(2,15)16;/h3-4H,1-2H3,(H,12,14);1H. The molecule has 1 amide bonds. The molecule has 0 spiro atoms. The minimum Gasteiger partial charge on any atom is -0.268 e. The van der Waals surface area contributed by atoms with Gasteiger partial charge in [0, 0.05) is 8.47 Å². The van der Waals surface area contributed by atoms with Crippen LogP contribution in [0, 0.1) is 0 Å². The normalized spacial score (nSPS) is 11.6. The molecule has 2 rings (SSSR count). The van der Waals surface area contributed by atoms with Crippen LogP contribution in [-0.4, -0.2) is 40.6 Å². The van der Waals surface area contributed by atoms with Crippen molar-refractivity contribution < 1.29 is 14.6 Å². The van der Waals surface area contributed by atoms with Crippen LogP contribution in [-0.2, 0) is 17.1 Å². The van der Waals surface area contributed by atoms with E-state index >= 15 is 0 Å². The number of nitrogens with zero attached hydrogens (tertiary/aromatic N) is 4. The number of carbonyl (C=O) groups excluding carboxylic acids is 1. The number of carbonyl (C=O) groups is 1. The highest BCUT2D eigenvalue weighted by Crippen LogP contribution is 2.13. The van der Waals surface area contributed by atoms with Crippen molar-refractivity contribution in [3.05, 3.63) is 18.0 Å². The molecular weight excluding hydrogens is 246 g/mol. The predicted octanol–water partition coefficient (Wildman–Crippen LogP) is -0.701. The van der Waals surface area contributed by atoms with Crippen molar-refractivity contribution in [2.45, 2.75) is 0 Å². The number of fused-ring (bicyclic) bond motifs is 1. The predicted molar refractivity (Wildman–Crippen MR) is 60.7 cm³/mol. The summed E-state index contributed by atoms with van der Waals surface area (Å²) in [5.41, 5.74) is 0.527. The summed E-state index contributed by atoms with van der Waals surface area (Å²) in [7, 11) is -1.96. The van der Waals surface area contributed by atoms with E-state index in [1.165, 1.54) is 17.1 Å². The molecule has 9 heteroatoms. The first-order valence-corrected chi connectivity index (χ1v) is 6.43. The lowest BCUT2D eigenvalue weighted by atomic mass is 10.2. The quantitative estimate of drug-likeness (QED) is 0.762. The van der Waals surface area contributed by atoms with Crippen molar-refractivity contribution in [3.63, 3.8) is 0 Å². The van der Waals surface area contributed by atoms with Gasteiger partial charge in [0.05, 0.1) is 29.6 Å². The summed E-state index contributed by atoms with van der Waals surface area (Å²) in [6.07, 6.45) is 3.53. The average Bonchev–Trinajstić information content (AvgIpc) is 2.58. The Labute approximate surface area is 98.2 Å². The van der Waals surface area contributed by atoms with Gasteiger partial charge in [-0.3, -0.25) is 4.79 Å². The van der Waals surface area contributed by atoms with Gasteiger partial charge < -0.3 is 0 Å². The van der Waals surface area contributed by atoms with Crippen LogP contribution in [0.25, 0.3) is 11.0 Å². The van der Waals surface area contributed by atoms with Gasteiger partial charge in [0.25, 0.3) is 5.91 Å². The van der Waals surface area contributed by atoms with Crippen LogP contribution < -0.4 is 4.72 Å². The topological polar surface area (TPSA) is 107 Å². The second-order valence-electron chi connectivity index (χ2n) is 3.47. The first kappa shape index (κ1) is 11.5. The zero-order valence-electron chi connectivity index (χ0n) is 9.08. The van der Waals surface area contributed by atoms with E-state index in [-0.39, 0.29) is 6.99 Å². The maximum atomic E-state index is 11.7. The van der Waals surface area contributed by atoms with E-state index < -0.39 is 15.9 Å². The Kier molecular flexibility index (Phi) is 2.54. The summed E-state index contributed by atoms with van der Waals surface area (Å²) in [6.45, 7) is 0. The van der Waals surface area contributed by atoms with E-state index in [1.807, 2.05) is 4.72 Å². The van der Waals surface area contributed by atoms with E-state index in [9.17, 15) is 13.2 Å². The van der Waals surface area contributed by atoms with Gasteiger partial charge >= 0.3 is 0 Å². The highest BCUT2D eigenvalue weighted by Gasteiger charge is 2.16. The second-order valence-corrected chi connectivity index (χ2v) is 5.22. The fraction of sp³-hybridized carbons (Fsp3) is 0.250. The summed E-state index contributed by atoms with van der Waals surface area (Å²) >= 11 is 0. The lowest BCUT2D eigenvalue weighted by Gasteiger charge is -2.02. The zero-order valence-corrected chi connectivity index (χ0v) is 9.89. The van der Waals surface area contributed by atoms with Crippen molar-refractivity contribution in [3.8, 4) is 0 Å². The Hall–Kier alpha value is -2.03. The van der Waals surface area contributed by atoms with Gasteiger partial charge in [0.15, 0.2) is 5.65 Å². The molecule has 0 unspecified atom stereocenters. The molecule has 0 aliphatic carbocycles. The van der Waals surface area contributed by atoms with Crippen LogP contribution in [0.3, 0.4) is 0 Å². The third-order valence-electron chi connectivity index (χ3n) is 2.06. The second kappa shape index (κ2) is 3.77. The van der Waals surface area contributed by atoms with Crippen molar-refractivity contribution in [1.82, 2.24) is 24.7 Å². The number of aromatic nitrogens is 4. The minimum absolute atomic E-state index is 0. The van der Waals surface area contributed by atoms with Gasteiger partial charge in [-0.25, -0.2) is 17.8 Å². The summed E-state index contributed by atoms with van der Waals surface area (Å²) < 4.78 is 25.2. The van der Waals surface area contributed by atoms with Crippen molar-refractivity contribution >= 4 is 27.0 Å². The Bertz CT molecular complexity index is 696. The molecule has 0 atom stereocenters. The smallest absolute Gasteiger partial charge is 0.267 e. The van der Waals surface area contributed by atoms with E-state index in [2.05, 4.69) is 15.3 Å². The van der Waals surface area contributed by atoms with E-state index in [1.54, 1.807) is 7.05 Å². The molecule has 1 N–H and O–H groups in total. The lowest BCUT2D eigenvalue weighted by molar-refractivity contribution is 0.0983. The van der Waals surface area contributed by atoms with Crippen LogP contribution in [0.5, 0.6) is 0 Å². The highest BCUT2D eigenvalue weighted by molar-refractivity contribution is 7.89. The zero-order chi connectivity index (χ0) is 12.6. The number of hydrogen-bond acceptors (Lipinski definition) is 6. The maximum Gasteiger partial charge on any atom is 0.267 e. The van der Waals surface area contributed by atoms with Crippen molar-refractivity contribution in [2.24, 2.45) is 7.05 Å². The molecule has 2 aromatic heterocycles. The Morgan fingerprint density at radius 3 is 2.82 bits per heavy atom. The van der Waals surface area contributed by atoms with Gasteiger partial charge in [-0.05, 0) is 0 Å². The molecule has 0 saturated heterocycles. The molecule has 0 saturated carbocycles. The van der Waals surface area contributed by atoms with Crippen LogP contribution in [0.2, 0.25) is 0 Å². The molecule has 0 bridgehead atoms. The molecule has 8 nitrogen and oxygen atoms in total. The summed E-state index contributed by atoms with van der Waals surface area (Å²) in [5, 5.41) is 11.8. The van der Waals surface area contributed by atoms with Crippen LogP contribution in [0.15, 0.2) is 12.4 Å². The molecule has 17 heavy (non-hydrogen) atoms. The molecule has 2 heterocycles. The first-order chi connectivity index (χ1) is 7.88. The van der Waals surface area contributed by atoms with Gasteiger partial charge in [-0.2, -0.15) is 10.2 Å². The monoisotopic (exact) mass is 257 g/mol. The van der Waals surface area contributed by atoms with Crippen LogP contribution >= 0.6 is 0 Å². The number of aryl methyl sites for hydroxylation is 1. The average molecular weight is 257 g/mol. The summed E-state index contributed by atoms with van der Waals surface area (Å²) in [5.74, 6) is -0.750. The Morgan fingerprint density at radius 1 is 1.47 bits per heavy atom. The van der Waals surface area contributed by atoms with Gasteiger partial charge in [0.1, 0.15) is 0 Å². The molecule has 0 fully saturated rings. The minimum atomic E-state index is -3.61. The summed E-state index contributed by atoms with van der Waals surface area (Å²) in [4.78, 5) is 11.7. The summed E-state index contributed by atoms with van der Waals surface area (Å²) in [6, 6.07) is 0. The molecule has 0 aromatic carbocycles. The van der Waals surface area contributed by atoms with Crippen molar-refractivity contribution in [2.75, 3.05) is 6.26 Å². The first-order valence-electron chi connectivity index (χ1n) is 4.54. The number of hydrogen-bond donors (Lipinski definition) is 1. The highest BCUT2D eigenvalue weighted by atomic mass is 32.2. The fourth-order valence-corrected chi connectivity index (χ4v) is 1.80. The number of rotatable bonds is 2. The molecule has 0 aliphatic rings. The maximum absolute atomic E-state index is 11.7. The Balaban J connectivity index is 0.00000162. The van der Waals surface area contributed by atoms with E-state index in [0.29, 0.717) is 11.0 Å². The van der Waals surface area contributed by atoms with Crippen LogP contribution in [0.4, 0.5) is 0 Å². The van der Waals surface area contributed by atoms with E-state index in [4.69, 9.17) is 0 Å². The molecular formula is C8H11N5O3S. The Morgan fingerprint density at radius 2 is 2.18 bits per heavy atom. The number of amides is 1. The molecule has 2 aromatic rings. The molecule has 92 valence electrons. The SMILES string of the molecule is Cn1ncc2c(C(=O)NS(C)(=O)=O)cnnc21.[HH]. The third-order valence-corrected chi connectivity index (χ3v) is 2.62. The van der Waals surface area contributed by atoms with Crippen LogP contribution in [0.1, 0.15) is 11.8 Å².